The Balaban J connectivity index is 0.000000810. The minimum atomic E-state index is -0.944. The first kappa shape index (κ1) is 10.5. The summed E-state index contributed by atoms with van der Waals surface area (Å²) in [5.41, 5.74) is 0. The summed E-state index contributed by atoms with van der Waals surface area (Å²) in [7, 11) is 0. The van der Waals surface area contributed by atoms with Crippen LogP contribution in [0.25, 0.3) is 0 Å². The van der Waals surface area contributed by atoms with E-state index in [1.54, 1.807) is 0 Å². The molecule has 1 fully saturated rings. The van der Waals surface area contributed by atoms with Crippen LogP contribution in [0, 0.1) is 0 Å². The molecule has 1 rings (SSSR count). The van der Waals surface area contributed by atoms with E-state index in [4.69, 9.17) is 5.11 Å². The van der Waals surface area contributed by atoms with Crippen molar-refractivity contribution in [2.45, 2.75) is 18.9 Å². The van der Waals surface area contributed by atoms with Crippen LogP contribution in [-0.2, 0) is 9.59 Å². The van der Waals surface area contributed by atoms with E-state index in [0.717, 1.165) is 0 Å². The molecule has 0 saturated carbocycles. The van der Waals surface area contributed by atoms with E-state index in [9.17, 15) is 9.59 Å². The van der Waals surface area contributed by atoms with Gasteiger partial charge in [0.05, 0.1) is 0 Å². The molecule has 0 aromatic carbocycles. The fraction of sp³-hybridized carbons (Fsp3) is 0.600. The normalized spacial score (nSPS) is 23.2. The molecular weight excluding hydrogens is 259 g/mol. The van der Waals surface area contributed by atoms with Crippen molar-refractivity contribution in [3.05, 3.63) is 0 Å². The van der Waals surface area contributed by atoms with Crippen molar-refractivity contribution in [2.75, 3.05) is 0 Å². The third-order valence-electron chi connectivity index (χ3n) is 1.29. The van der Waals surface area contributed by atoms with E-state index < -0.39 is 12.0 Å². The molecular formula is C5H7BaNO3. The number of nitrogens with one attached hydrogen (secondary N) is 1. The van der Waals surface area contributed by atoms with E-state index in [1.807, 2.05) is 0 Å². The van der Waals surface area contributed by atoms with Crippen LogP contribution in [0.5, 0.6) is 0 Å². The van der Waals surface area contributed by atoms with E-state index in [1.165, 1.54) is 0 Å². The third-order valence-corrected chi connectivity index (χ3v) is 1.29. The Morgan fingerprint density at radius 1 is 1.70 bits per heavy atom. The summed E-state index contributed by atoms with van der Waals surface area (Å²) in [5.74, 6) is -1.11. The molecule has 0 bridgehead atoms. The van der Waals surface area contributed by atoms with Crippen molar-refractivity contribution < 1.29 is 14.7 Å². The van der Waals surface area contributed by atoms with Crippen LogP contribution in [0.15, 0.2) is 0 Å². The predicted molar refractivity (Wildman–Crippen MR) is 34.6 cm³/mol. The number of carbonyl (C=O) groups is 2. The molecule has 1 aliphatic heterocycles. The smallest absolute Gasteiger partial charge is 0.326 e. The molecule has 1 amide bonds. The zero-order chi connectivity index (χ0) is 6.85. The Kier molecular flexibility index (Phi) is 4.63. The van der Waals surface area contributed by atoms with Gasteiger partial charge in [-0.3, -0.25) is 4.79 Å². The Morgan fingerprint density at radius 3 is 2.50 bits per heavy atom. The van der Waals surface area contributed by atoms with E-state index in [2.05, 4.69) is 5.32 Å². The summed E-state index contributed by atoms with van der Waals surface area (Å²) in [6.07, 6.45) is 0.769. The second-order valence-corrected chi connectivity index (χ2v) is 2.00. The van der Waals surface area contributed by atoms with Gasteiger partial charge in [-0.05, 0) is 6.42 Å². The topological polar surface area (TPSA) is 66.4 Å². The van der Waals surface area contributed by atoms with E-state index in [0.29, 0.717) is 12.8 Å². The van der Waals surface area contributed by atoms with Crippen LogP contribution >= 0.6 is 0 Å². The minimum Gasteiger partial charge on any atom is -0.480 e. The Bertz CT molecular complexity index is 159. The molecule has 1 aliphatic rings. The monoisotopic (exact) mass is 267 g/mol. The van der Waals surface area contributed by atoms with Crippen molar-refractivity contribution in [2.24, 2.45) is 0 Å². The predicted octanol–water partition coefficient (Wildman–Crippen LogP) is -1.03. The number of amides is 1. The first-order valence-corrected chi connectivity index (χ1v) is 2.72. The molecule has 10 heavy (non-hydrogen) atoms. The molecule has 1 unspecified atom stereocenters. The van der Waals surface area contributed by atoms with Crippen molar-refractivity contribution in [1.29, 1.82) is 0 Å². The van der Waals surface area contributed by atoms with Gasteiger partial charge in [0.2, 0.25) is 5.91 Å². The molecule has 5 heteroatoms. The maximum Gasteiger partial charge on any atom is 0.326 e. The van der Waals surface area contributed by atoms with Gasteiger partial charge in [-0.1, -0.05) is 0 Å². The fourth-order valence-electron chi connectivity index (χ4n) is 0.799. The average Bonchev–Trinajstić information content (AvgIpc) is 2.14. The number of carboxylic acids is 1. The zero-order valence-corrected chi connectivity index (χ0v) is 9.90. The summed E-state index contributed by atoms with van der Waals surface area (Å²) in [4.78, 5) is 20.5. The Morgan fingerprint density at radius 2 is 2.30 bits per heavy atom. The van der Waals surface area contributed by atoms with E-state index >= 15 is 0 Å². The van der Waals surface area contributed by atoms with Gasteiger partial charge in [-0.2, -0.15) is 0 Å². The molecule has 52 valence electrons. The number of aliphatic carboxylic acids is 1. The molecule has 1 saturated heterocycles. The van der Waals surface area contributed by atoms with Crippen molar-refractivity contribution in [3.63, 3.8) is 0 Å². The largest absolute Gasteiger partial charge is 0.480 e. The van der Waals surface area contributed by atoms with Gasteiger partial charge in [-0.15, -0.1) is 0 Å². The van der Waals surface area contributed by atoms with Crippen LogP contribution in [0.1, 0.15) is 12.8 Å². The number of carboxylic acid groups (broad SMARTS) is 1. The average molecular weight is 266 g/mol. The molecule has 2 N–H and O–H groups in total. The maximum atomic E-state index is 10.4. The minimum absolute atomic E-state index is 0. The van der Waals surface area contributed by atoms with Gasteiger partial charge in [0.15, 0.2) is 0 Å². The quantitative estimate of drug-likeness (QED) is 0.596. The zero-order valence-electron chi connectivity index (χ0n) is 5.46. The van der Waals surface area contributed by atoms with Gasteiger partial charge in [0, 0.05) is 55.3 Å². The molecule has 1 heterocycles. The summed E-state index contributed by atoms with van der Waals surface area (Å²) in [6, 6.07) is -0.641. The summed E-state index contributed by atoms with van der Waals surface area (Å²) in [6.45, 7) is 0. The number of rotatable bonds is 1. The van der Waals surface area contributed by atoms with E-state index in [-0.39, 0.29) is 54.8 Å². The third kappa shape index (κ3) is 2.63. The molecule has 4 nitrogen and oxygen atoms in total. The molecule has 0 aliphatic carbocycles. The Labute approximate surface area is 98.4 Å². The van der Waals surface area contributed by atoms with Crippen LogP contribution in [0.3, 0.4) is 0 Å². The standard InChI is InChI=1S/C5H7NO3.Ba/c7-4-2-1-3(6-4)5(8)9;/h3H,1-2H2,(H,6,7)(H,8,9);. The van der Waals surface area contributed by atoms with Gasteiger partial charge >= 0.3 is 5.97 Å². The molecule has 2 radical (unpaired) electrons. The first-order chi connectivity index (χ1) is 4.20. The van der Waals surface area contributed by atoms with Crippen molar-refractivity contribution >= 4 is 60.8 Å². The molecule has 0 aromatic rings. The summed E-state index contributed by atoms with van der Waals surface area (Å²) >= 11 is 0. The maximum absolute atomic E-state index is 10.4. The second kappa shape index (κ2) is 4.40. The summed E-state index contributed by atoms with van der Waals surface area (Å²) < 4.78 is 0. The molecule has 0 spiro atoms. The van der Waals surface area contributed by atoms with Crippen molar-refractivity contribution in [3.8, 4) is 0 Å². The van der Waals surface area contributed by atoms with Gasteiger partial charge in [0.1, 0.15) is 6.04 Å². The number of carbonyl (C=O) groups excluding carboxylic acids is 1. The summed E-state index contributed by atoms with van der Waals surface area (Å²) in [5, 5.41) is 10.6. The SMILES string of the molecule is O=C1CCC(C(=O)O)N1.[Ba]. The van der Waals surface area contributed by atoms with Crippen LogP contribution in [0.4, 0.5) is 0 Å². The Hall–Kier alpha value is 0.511. The first-order valence-electron chi connectivity index (χ1n) is 2.72. The van der Waals surface area contributed by atoms with Crippen molar-refractivity contribution in [1.82, 2.24) is 5.32 Å². The second-order valence-electron chi connectivity index (χ2n) is 2.00. The van der Waals surface area contributed by atoms with Crippen LogP contribution < -0.4 is 5.32 Å². The van der Waals surface area contributed by atoms with Crippen LogP contribution in [0.2, 0.25) is 0 Å². The number of hydrogen-bond donors (Lipinski definition) is 2. The number of hydrogen-bond acceptors (Lipinski definition) is 2. The van der Waals surface area contributed by atoms with Crippen LogP contribution in [-0.4, -0.2) is 71.9 Å². The molecule has 1 atom stereocenters. The fourth-order valence-corrected chi connectivity index (χ4v) is 0.799. The van der Waals surface area contributed by atoms with Gasteiger partial charge in [-0.25, -0.2) is 4.79 Å². The molecule has 0 aromatic heterocycles. The van der Waals surface area contributed by atoms with Gasteiger partial charge < -0.3 is 10.4 Å². The van der Waals surface area contributed by atoms with Gasteiger partial charge in [0.25, 0.3) is 0 Å².